The molecule has 98 valence electrons. The number of aromatic nitrogens is 2. The summed E-state index contributed by atoms with van der Waals surface area (Å²) < 4.78 is 25.4. The van der Waals surface area contributed by atoms with Crippen LogP contribution in [0.5, 0.6) is 0 Å². The lowest BCUT2D eigenvalue weighted by atomic mass is 10.3. The van der Waals surface area contributed by atoms with Gasteiger partial charge in [0, 0.05) is 26.3 Å². The Morgan fingerprint density at radius 1 is 1.39 bits per heavy atom. The number of aryl methyl sites for hydroxylation is 1. The lowest BCUT2D eigenvalue weighted by molar-refractivity contribution is 0.602. The predicted molar refractivity (Wildman–Crippen MR) is 71.5 cm³/mol. The molecule has 0 saturated carbocycles. The predicted octanol–water partition coefficient (Wildman–Crippen LogP) is 0.739. The molecule has 1 aromatic carbocycles. The minimum atomic E-state index is -3.24. The lowest BCUT2D eigenvalue weighted by Gasteiger charge is -2.01. The van der Waals surface area contributed by atoms with Gasteiger partial charge in [-0.3, -0.25) is 0 Å². The zero-order valence-corrected chi connectivity index (χ0v) is 11.6. The van der Waals surface area contributed by atoms with Crippen LogP contribution in [0.2, 0.25) is 0 Å². The largest absolute Gasteiger partial charge is 0.331 e. The van der Waals surface area contributed by atoms with E-state index in [1.54, 1.807) is 12.1 Å². The fourth-order valence-corrected chi connectivity index (χ4v) is 2.82. The fourth-order valence-electron chi connectivity index (χ4n) is 2.00. The number of hydrogen-bond acceptors (Lipinski definition) is 4. The molecule has 0 spiro atoms. The number of para-hydroxylation sites is 1. The van der Waals surface area contributed by atoms with Crippen molar-refractivity contribution < 1.29 is 8.42 Å². The van der Waals surface area contributed by atoms with Gasteiger partial charge in [-0.2, -0.15) is 0 Å². The second-order valence-electron chi connectivity index (χ2n) is 4.34. The molecule has 1 N–H and O–H groups in total. The average molecular weight is 267 g/mol. The number of sulfone groups is 1. The second kappa shape index (κ2) is 4.70. The Morgan fingerprint density at radius 2 is 2.11 bits per heavy atom. The van der Waals surface area contributed by atoms with E-state index >= 15 is 0 Å². The third-order valence-corrected chi connectivity index (χ3v) is 4.09. The maximum atomic E-state index is 11.7. The van der Waals surface area contributed by atoms with Gasteiger partial charge in [-0.05, 0) is 19.2 Å². The van der Waals surface area contributed by atoms with E-state index in [9.17, 15) is 8.42 Å². The van der Waals surface area contributed by atoms with Crippen LogP contribution in [0.4, 0.5) is 0 Å². The zero-order valence-electron chi connectivity index (χ0n) is 10.8. The molecule has 2 rings (SSSR count). The number of benzene rings is 1. The number of nitrogens with zero attached hydrogens (tertiary/aromatic N) is 2. The molecule has 0 atom stereocenters. The van der Waals surface area contributed by atoms with Crippen molar-refractivity contribution in [3.8, 4) is 0 Å². The molecule has 1 heterocycles. The Morgan fingerprint density at radius 3 is 2.72 bits per heavy atom. The summed E-state index contributed by atoms with van der Waals surface area (Å²) in [5.41, 5.74) is 1.41. The highest BCUT2D eigenvalue weighted by Gasteiger charge is 2.16. The van der Waals surface area contributed by atoms with Gasteiger partial charge < -0.3 is 9.88 Å². The Labute approximate surface area is 107 Å². The van der Waals surface area contributed by atoms with Crippen LogP contribution in [0.1, 0.15) is 5.82 Å². The third kappa shape index (κ3) is 2.26. The van der Waals surface area contributed by atoms with Gasteiger partial charge in [0.1, 0.15) is 11.3 Å². The summed E-state index contributed by atoms with van der Waals surface area (Å²) in [7, 11) is 0.544. The van der Waals surface area contributed by atoms with Gasteiger partial charge in [-0.1, -0.05) is 6.07 Å². The minimum absolute atomic E-state index is 0.298. The van der Waals surface area contributed by atoms with E-state index in [2.05, 4.69) is 10.3 Å². The molecule has 0 aliphatic heterocycles. The van der Waals surface area contributed by atoms with E-state index in [1.165, 1.54) is 6.26 Å². The number of nitrogens with one attached hydrogen (secondary N) is 1. The van der Waals surface area contributed by atoms with Crippen molar-refractivity contribution in [1.29, 1.82) is 0 Å². The summed E-state index contributed by atoms with van der Waals surface area (Å²) in [5, 5.41) is 3.06. The molecule has 0 aliphatic rings. The molecule has 5 nitrogen and oxygen atoms in total. The van der Waals surface area contributed by atoms with Crippen molar-refractivity contribution in [2.75, 3.05) is 19.8 Å². The molecule has 0 saturated heterocycles. The maximum absolute atomic E-state index is 11.7. The van der Waals surface area contributed by atoms with Gasteiger partial charge in [-0.15, -0.1) is 0 Å². The van der Waals surface area contributed by atoms with Gasteiger partial charge in [0.25, 0.3) is 0 Å². The molecule has 1 aromatic heterocycles. The van der Waals surface area contributed by atoms with Crippen LogP contribution < -0.4 is 5.32 Å². The summed E-state index contributed by atoms with van der Waals surface area (Å²) in [6, 6.07) is 5.24. The first-order chi connectivity index (χ1) is 8.45. The van der Waals surface area contributed by atoms with Gasteiger partial charge in [0.15, 0.2) is 9.84 Å². The van der Waals surface area contributed by atoms with Crippen LogP contribution in [0.3, 0.4) is 0 Å². The van der Waals surface area contributed by atoms with Gasteiger partial charge >= 0.3 is 0 Å². The molecule has 0 aliphatic carbocycles. The molecule has 0 radical (unpaired) electrons. The van der Waals surface area contributed by atoms with Crippen molar-refractivity contribution in [2.45, 2.75) is 11.3 Å². The number of fused-ring (bicyclic) bond motifs is 1. The summed E-state index contributed by atoms with van der Waals surface area (Å²) in [5.74, 6) is 0.885. The first kappa shape index (κ1) is 13.0. The van der Waals surface area contributed by atoms with E-state index in [1.807, 2.05) is 24.7 Å². The van der Waals surface area contributed by atoms with Crippen molar-refractivity contribution in [3.05, 3.63) is 24.0 Å². The van der Waals surface area contributed by atoms with Gasteiger partial charge in [-0.25, -0.2) is 13.4 Å². The molecule has 6 heteroatoms. The molecular weight excluding hydrogens is 250 g/mol. The van der Waals surface area contributed by atoms with Crippen molar-refractivity contribution in [3.63, 3.8) is 0 Å². The van der Waals surface area contributed by atoms with Gasteiger partial charge in [0.2, 0.25) is 0 Å². The van der Waals surface area contributed by atoms with Crippen LogP contribution in [0, 0.1) is 0 Å². The van der Waals surface area contributed by atoms with Crippen molar-refractivity contribution in [2.24, 2.45) is 7.05 Å². The van der Waals surface area contributed by atoms with Crippen LogP contribution in [-0.4, -0.2) is 37.8 Å². The van der Waals surface area contributed by atoms with Crippen LogP contribution in [-0.2, 0) is 23.3 Å². The highest BCUT2D eigenvalue weighted by atomic mass is 32.2. The van der Waals surface area contributed by atoms with Crippen molar-refractivity contribution >= 4 is 20.9 Å². The highest BCUT2D eigenvalue weighted by Crippen LogP contribution is 2.23. The summed E-state index contributed by atoms with van der Waals surface area (Å²) in [6.07, 6.45) is 1.98. The minimum Gasteiger partial charge on any atom is -0.331 e. The molecule has 0 bridgehead atoms. The second-order valence-corrected chi connectivity index (χ2v) is 6.32. The number of hydrogen-bond donors (Lipinski definition) is 1. The Bertz CT molecular complexity index is 674. The molecule has 0 unspecified atom stereocenters. The lowest BCUT2D eigenvalue weighted by Crippen LogP contribution is -2.12. The molecule has 2 aromatic rings. The van der Waals surface area contributed by atoms with Crippen molar-refractivity contribution in [1.82, 2.24) is 14.9 Å². The monoisotopic (exact) mass is 267 g/mol. The normalized spacial score (nSPS) is 12.2. The van der Waals surface area contributed by atoms with Crippen LogP contribution in [0.25, 0.3) is 11.0 Å². The molecular formula is C12H17N3O2S. The van der Waals surface area contributed by atoms with Gasteiger partial charge in [0.05, 0.1) is 10.4 Å². The maximum Gasteiger partial charge on any atom is 0.177 e. The number of rotatable bonds is 4. The Balaban J connectivity index is 2.64. The summed E-state index contributed by atoms with van der Waals surface area (Å²) >= 11 is 0. The molecule has 0 amide bonds. The van der Waals surface area contributed by atoms with Crippen LogP contribution >= 0.6 is 0 Å². The van der Waals surface area contributed by atoms with E-state index in [0.29, 0.717) is 10.4 Å². The first-order valence-electron chi connectivity index (χ1n) is 5.74. The Hall–Kier alpha value is -1.40. The summed E-state index contributed by atoms with van der Waals surface area (Å²) in [4.78, 5) is 4.76. The smallest absolute Gasteiger partial charge is 0.177 e. The fraction of sp³-hybridized carbons (Fsp3) is 0.417. The quantitative estimate of drug-likeness (QED) is 0.887. The SMILES string of the molecule is CNCCc1nc2c(S(C)(=O)=O)cccc2n1C. The Kier molecular flexibility index (Phi) is 3.41. The van der Waals surface area contributed by atoms with E-state index < -0.39 is 9.84 Å². The number of imidazole rings is 1. The number of likely N-dealkylation sites (N-methyl/N-ethyl adjacent to an activating group) is 1. The molecule has 18 heavy (non-hydrogen) atoms. The third-order valence-electron chi connectivity index (χ3n) is 2.97. The van der Waals surface area contributed by atoms with E-state index in [4.69, 9.17) is 0 Å². The standard InChI is InChI=1S/C12H17N3O2S/c1-13-8-7-11-14-12-9(15(11)2)5-4-6-10(12)18(3,16)17/h4-6,13H,7-8H2,1-3H3. The zero-order chi connectivity index (χ0) is 13.3. The van der Waals surface area contributed by atoms with E-state index in [-0.39, 0.29) is 0 Å². The average Bonchev–Trinajstić information content (AvgIpc) is 2.62. The topological polar surface area (TPSA) is 64.0 Å². The van der Waals surface area contributed by atoms with Crippen LogP contribution in [0.15, 0.2) is 23.1 Å². The first-order valence-corrected chi connectivity index (χ1v) is 7.63. The van der Waals surface area contributed by atoms with E-state index in [0.717, 1.165) is 24.3 Å². The highest BCUT2D eigenvalue weighted by molar-refractivity contribution is 7.91. The molecule has 0 fully saturated rings. The summed E-state index contributed by atoms with van der Waals surface area (Å²) in [6.45, 7) is 0.811.